The number of nitrogens with one attached hydrogen (secondary N) is 1. The van der Waals surface area contributed by atoms with Gasteiger partial charge in [0.15, 0.2) is 0 Å². The Morgan fingerprint density at radius 1 is 1.26 bits per heavy atom. The summed E-state index contributed by atoms with van der Waals surface area (Å²) < 4.78 is 6.32. The third kappa shape index (κ3) is 2.64. The maximum atomic E-state index is 6.32. The molecule has 0 radical (unpaired) electrons. The molecular weight excluding hydrogens is 234 g/mol. The van der Waals surface area contributed by atoms with Crippen molar-refractivity contribution in [3.05, 3.63) is 29.8 Å². The topological polar surface area (TPSA) is 21.3 Å². The number of hydrogen-bond donors (Lipinski definition) is 1. The fourth-order valence-electron chi connectivity index (χ4n) is 3.10. The molecule has 106 valence electrons. The standard InChI is InChI=1S/C17H27NO/c1-5-13-10-8-9-11-14(13)19-16-12-15(18-7-3)17(16,4)6-2/h8-11,15-16,18H,5-7,12H2,1-4H3. The van der Waals surface area contributed by atoms with Gasteiger partial charge in [-0.15, -0.1) is 0 Å². The van der Waals surface area contributed by atoms with E-state index in [1.807, 2.05) is 0 Å². The van der Waals surface area contributed by atoms with Crippen molar-refractivity contribution in [1.82, 2.24) is 5.32 Å². The summed E-state index contributed by atoms with van der Waals surface area (Å²) in [6, 6.07) is 9.03. The summed E-state index contributed by atoms with van der Waals surface area (Å²) in [5, 5.41) is 3.59. The Balaban J connectivity index is 2.08. The summed E-state index contributed by atoms with van der Waals surface area (Å²) in [4.78, 5) is 0. The van der Waals surface area contributed by atoms with Crippen LogP contribution in [0.25, 0.3) is 0 Å². The highest BCUT2D eigenvalue weighted by atomic mass is 16.5. The Morgan fingerprint density at radius 3 is 2.63 bits per heavy atom. The average Bonchev–Trinajstić information content (AvgIpc) is 2.45. The van der Waals surface area contributed by atoms with Gasteiger partial charge in [-0.2, -0.15) is 0 Å². The zero-order chi connectivity index (χ0) is 13.9. The van der Waals surface area contributed by atoms with Gasteiger partial charge in [-0.05, 0) is 31.0 Å². The van der Waals surface area contributed by atoms with E-state index in [4.69, 9.17) is 4.74 Å². The molecule has 0 amide bonds. The fourth-order valence-corrected chi connectivity index (χ4v) is 3.10. The normalized spacial score (nSPS) is 29.9. The lowest BCUT2D eigenvalue weighted by Crippen LogP contribution is -2.63. The lowest BCUT2D eigenvalue weighted by molar-refractivity contribution is -0.0700. The molecule has 0 aromatic heterocycles. The van der Waals surface area contributed by atoms with Gasteiger partial charge in [-0.25, -0.2) is 0 Å². The van der Waals surface area contributed by atoms with Gasteiger partial charge in [-0.3, -0.25) is 0 Å². The van der Waals surface area contributed by atoms with Gasteiger partial charge in [0, 0.05) is 17.9 Å². The van der Waals surface area contributed by atoms with Crippen LogP contribution in [0.2, 0.25) is 0 Å². The van der Waals surface area contributed by atoms with Crippen molar-refractivity contribution < 1.29 is 4.74 Å². The Kier molecular flexibility index (Phi) is 4.51. The summed E-state index contributed by atoms with van der Waals surface area (Å²) >= 11 is 0. The van der Waals surface area contributed by atoms with Crippen LogP contribution in [0.3, 0.4) is 0 Å². The molecule has 1 N–H and O–H groups in total. The van der Waals surface area contributed by atoms with E-state index in [-0.39, 0.29) is 5.41 Å². The largest absolute Gasteiger partial charge is 0.489 e. The summed E-state index contributed by atoms with van der Waals surface area (Å²) in [6.07, 6.45) is 3.65. The maximum Gasteiger partial charge on any atom is 0.122 e. The average molecular weight is 261 g/mol. The molecule has 3 unspecified atom stereocenters. The van der Waals surface area contributed by atoms with Gasteiger partial charge in [-0.1, -0.05) is 45.9 Å². The van der Waals surface area contributed by atoms with E-state index in [2.05, 4.69) is 57.3 Å². The molecule has 2 heteroatoms. The van der Waals surface area contributed by atoms with E-state index in [0.29, 0.717) is 12.1 Å². The molecule has 1 saturated carbocycles. The number of aryl methyl sites for hydroxylation is 1. The number of para-hydroxylation sites is 1. The predicted octanol–water partition coefficient (Wildman–Crippen LogP) is 3.79. The fraction of sp³-hybridized carbons (Fsp3) is 0.647. The van der Waals surface area contributed by atoms with E-state index in [1.54, 1.807) is 0 Å². The third-order valence-corrected chi connectivity index (χ3v) is 4.82. The number of rotatable bonds is 6. The highest BCUT2D eigenvalue weighted by Gasteiger charge is 2.51. The first-order valence-corrected chi connectivity index (χ1v) is 7.63. The van der Waals surface area contributed by atoms with Gasteiger partial charge >= 0.3 is 0 Å². The Hall–Kier alpha value is -1.02. The highest BCUT2D eigenvalue weighted by molar-refractivity contribution is 5.34. The molecule has 1 aliphatic carbocycles. The Morgan fingerprint density at radius 2 is 2.00 bits per heavy atom. The lowest BCUT2D eigenvalue weighted by Gasteiger charge is -2.53. The molecule has 0 saturated heterocycles. The Labute approximate surface area is 117 Å². The molecule has 0 heterocycles. The van der Waals surface area contributed by atoms with Crippen molar-refractivity contribution in [3.63, 3.8) is 0 Å². The van der Waals surface area contributed by atoms with Crippen molar-refractivity contribution >= 4 is 0 Å². The van der Waals surface area contributed by atoms with E-state index in [9.17, 15) is 0 Å². The Bertz CT molecular complexity index is 417. The lowest BCUT2D eigenvalue weighted by atomic mass is 9.61. The highest BCUT2D eigenvalue weighted by Crippen LogP contribution is 2.46. The maximum absolute atomic E-state index is 6.32. The second-order valence-electron chi connectivity index (χ2n) is 5.77. The minimum absolute atomic E-state index is 0.261. The van der Waals surface area contributed by atoms with Gasteiger partial charge in [0.25, 0.3) is 0 Å². The van der Waals surface area contributed by atoms with Crippen LogP contribution in [-0.2, 0) is 6.42 Å². The molecule has 1 fully saturated rings. The minimum atomic E-state index is 0.261. The number of benzene rings is 1. The van der Waals surface area contributed by atoms with Crippen LogP contribution in [0.15, 0.2) is 24.3 Å². The van der Waals surface area contributed by atoms with Crippen LogP contribution >= 0.6 is 0 Å². The van der Waals surface area contributed by atoms with Gasteiger partial charge < -0.3 is 10.1 Å². The van der Waals surface area contributed by atoms with Crippen LogP contribution < -0.4 is 10.1 Å². The molecule has 2 nitrogen and oxygen atoms in total. The monoisotopic (exact) mass is 261 g/mol. The van der Waals surface area contributed by atoms with E-state index < -0.39 is 0 Å². The first-order chi connectivity index (χ1) is 9.15. The molecule has 1 aliphatic rings. The van der Waals surface area contributed by atoms with Gasteiger partial charge in [0.1, 0.15) is 11.9 Å². The zero-order valence-electron chi connectivity index (χ0n) is 12.7. The van der Waals surface area contributed by atoms with Gasteiger partial charge in [0.05, 0.1) is 0 Å². The van der Waals surface area contributed by atoms with E-state index in [1.165, 1.54) is 5.56 Å². The summed E-state index contributed by atoms with van der Waals surface area (Å²) in [7, 11) is 0. The second kappa shape index (κ2) is 5.96. The first-order valence-electron chi connectivity index (χ1n) is 7.63. The summed E-state index contributed by atoms with van der Waals surface area (Å²) in [5.74, 6) is 1.07. The predicted molar refractivity (Wildman–Crippen MR) is 80.7 cm³/mol. The quantitative estimate of drug-likeness (QED) is 0.841. The van der Waals surface area contributed by atoms with Crippen LogP contribution in [0.4, 0.5) is 0 Å². The van der Waals surface area contributed by atoms with Crippen molar-refractivity contribution in [2.24, 2.45) is 5.41 Å². The second-order valence-corrected chi connectivity index (χ2v) is 5.77. The molecule has 2 rings (SSSR count). The molecule has 1 aromatic carbocycles. The van der Waals surface area contributed by atoms with Crippen molar-refractivity contribution in [2.45, 2.75) is 59.1 Å². The molecule has 19 heavy (non-hydrogen) atoms. The van der Waals surface area contributed by atoms with Crippen LogP contribution in [-0.4, -0.2) is 18.7 Å². The van der Waals surface area contributed by atoms with E-state index >= 15 is 0 Å². The van der Waals surface area contributed by atoms with Crippen LogP contribution in [0.5, 0.6) is 5.75 Å². The molecule has 0 spiro atoms. The SMILES string of the molecule is CCNC1CC(Oc2ccccc2CC)C1(C)CC. The van der Waals surface area contributed by atoms with Gasteiger partial charge in [0.2, 0.25) is 0 Å². The minimum Gasteiger partial charge on any atom is -0.489 e. The third-order valence-electron chi connectivity index (χ3n) is 4.82. The number of ether oxygens (including phenoxy) is 1. The van der Waals surface area contributed by atoms with Crippen LogP contribution in [0, 0.1) is 5.41 Å². The van der Waals surface area contributed by atoms with Crippen molar-refractivity contribution in [3.8, 4) is 5.75 Å². The summed E-state index contributed by atoms with van der Waals surface area (Å²) in [6.45, 7) is 10.0. The summed E-state index contributed by atoms with van der Waals surface area (Å²) in [5.41, 5.74) is 1.57. The molecule has 3 atom stereocenters. The first kappa shape index (κ1) is 14.4. The zero-order valence-corrected chi connectivity index (χ0v) is 12.7. The van der Waals surface area contributed by atoms with Crippen LogP contribution in [0.1, 0.15) is 46.1 Å². The van der Waals surface area contributed by atoms with E-state index in [0.717, 1.165) is 31.6 Å². The number of hydrogen-bond acceptors (Lipinski definition) is 2. The molecule has 0 bridgehead atoms. The van der Waals surface area contributed by atoms with Crippen molar-refractivity contribution in [1.29, 1.82) is 0 Å². The molecular formula is C17H27NO. The molecule has 1 aromatic rings. The molecule has 0 aliphatic heterocycles. The smallest absolute Gasteiger partial charge is 0.122 e. The van der Waals surface area contributed by atoms with Crippen molar-refractivity contribution in [2.75, 3.05) is 6.54 Å².